The minimum Gasteiger partial charge on any atom is -0.394 e. The van der Waals surface area contributed by atoms with Crippen LogP contribution in [0.3, 0.4) is 0 Å². The first-order chi connectivity index (χ1) is 12.1. The number of halogens is 1. The number of hydrogen-bond acceptors (Lipinski definition) is 6. The fourth-order valence-electron chi connectivity index (χ4n) is 2.77. The maximum atomic E-state index is 13.2. The van der Waals surface area contributed by atoms with Crippen LogP contribution in [0.25, 0.3) is 11.0 Å². The van der Waals surface area contributed by atoms with E-state index in [2.05, 4.69) is 25.3 Å². The molecule has 132 valence electrons. The molecule has 0 saturated carbocycles. The molecule has 2 N–H and O–H groups in total. The van der Waals surface area contributed by atoms with Crippen LogP contribution in [0.15, 0.2) is 36.8 Å². The predicted molar refractivity (Wildman–Crippen MR) is 93.7 cm³/mol. The molecule has 1 atom stereocenters. The Hall–Kier alpha value is -2.58. The van der Waals surface area contributed by atoms with Crippen molar-refractivity contribution in [3.8, 4) is 0 Å². The van der Waals surface area contributed by atoms with Gasteiger partial charge in [-0.2, -0.15) is 5.10 Å². The second-order valence-corrected chi connectivity index (χ2v) is 5.96. The van der Waals surface area contributed by atoms with E-state index in [0.717, 1.165) is 10.9 Å². The van der Waals surface area contributed by atoms with Gasteiger partial charge in [0, 0.05) is 6.54 Å². The van der Waals surface area contributed by atoms with Crippen molar-refractivity contribution in [1.29, 1.82) is 0 Å². The Kier molecular flexibility index (Phi) is 5.20. The van der Waals surface area contributed by atoms with Crippen LogP contribution in [0.4, 0.5) is 10.2 Å². The molecule has 7 nitrogen and oxygen atoms in total. The molecule has 0 spiro atoms. The van der Waals surface area contributed by atoms with Gasteiger partial charge in [-0.05, 0) is 31.8 Å². The minimum atomic E-state index is -0.247. The SMILES string of the molecule is CN(C)C(CNc1ncnc2c1cnn2CCO)c1ccc(F)cc1. The van der Waals surface area contributed by atoms with Crippen molar-refractivity contribution < 1.29 is 9.50 Å². The van der Waals surface area contributed by atoms with Gasteiger partial charge < -0.3 is 15.3 Å². The van der Waals surface area contributed by atoms with E-state index < -0.39 is 0 Å². The Bertz CT molecular complexity index is 833. The maximum absolute atomic E-state index is 13.2. The summed E-state index contributed by atoms with van der Waals surface area (Å²) in [5, 5.41) is 17.5. The van der Waals surface area contributed by atoms with E-state index in [4.69, 9.17) is 5.11 Å². The number of fused-ring (bicyclic) bond motifs is 1. The number of nitrogens with zero attached hydrogens (tertiary/aromatic N) is 5. The van der Waals surface area contributed by atoms with Gasteiger partial charge in [-0.3, -0.25) is 0 Å². The standard InChI is InChI=1S/C17H21FN6O/c1-23(2)15(12-3-5-13(18)6-4-12)10-19-16-14-9-22-24(7-8-25)17(14)21-11-20-16/h3-6,9,11,15,25H,7-8,10H2,1-2H3,(H,19,20,21). The number of nitrogens with one attached hydrogen (secondary N) is 1. The molecule has 3 rings (SSSR count). The average molecular weight is 344 g/mol. The van der Waals surface area contributed by atoms with Crippen LogP contribution in [0.5, 0.6) is 0 Å². The van der Waals surface area contributed by atoms with Crippen molar-refractivity contribution in [3.63, 3.8) is 0 Å². The molecule has 8 heteroatoms. The van der Waals surface area contributed by atoms with Crippen molar-refractivity contribution in [1.82, 2.24) is 24.6 Å². The summed E-state index contributed by atoms with van der Waals surface area (Å²) in [4.78, 5) is 10.6. The third-order valence-electron chi connectivity index (χ3n) is 4.09. The first-order valence-electron chi connectivity index (χ1n) is 8.03. The van der Waals surface area contributed by atoms with Gasteiger partial charge in [0.2, 0.25) is 0 Å². The molecule has 0 fully saturated rings. The highest BCUT2D eigenvalue weighted by Gasteiger charge is 2.16. The van der Waals surface area contributed by atoms with E-state index >= 15 is 0 Å². The molecule has 0 aliphatic carbocycles. The Morgan fingerprint density at radius 1 is 1.24 bits per heavy atom. The Labute approximate surface area is 145 Å². The lowest BCUT2D eigenvalue weighted by molar-refractivity contribution is 0.271. The van der Waals surface area contributed by atoms with Gasteiger partial charge in [0.05, 0.1) is 30.8 Å². The molecule has 2 aromatic heterocycles. The second kappa shape index (κ2) is 7.54. The fraction of sp³-hybridized carbons (Fsp3) is 0.353. The summed E-state index contributed by atoms with van der Waals surface area (Å²) < 4.78 is 14.8. The highest BCUT2D eigenvalue weighted by Crippen LogP contribution is 2.22. The van der Waals surface area contributed by atoms with Gasteiger partial charge in [0.25, 0.3) is 0 Å². The molecule has 25 heavy (non-hydrogen) atoms. The molecular formula is C17H21FN6O. The van der Waals surface area contributed by atoms with E-state index in [0.29, 0.717) is 24.6 Å². The number of aliphatic hydroxyl groups excluding tert-OH is 1. The Morgan fingerprint density at radius 2 is 2.00 bits per heavy atom. The summed E-state index contributed by atoms with van der Waals surface area (Å²) in [6, 6.07) is 6.56. The predicted octanol–water partition coefficient (Wildman–Crippen LogP) is 1.67. The molecule has 0 aliphatic heterocycles. The van der Waals surface area contributed by atoms with Crippen molar-refractivity contribution in [2.24, 2.45) is 0 Å². The number of rotatable bonds is 7. The highest BCUT2D eigenvalue weighted by molar-refractivity contribution is 5.86. The number of likely N-dealkylation sites (N-methyl/N-ethyl adjacent to an activating group) is 1. The molecule has 0 saturated heterocycles. The zero-order valence-electron chi connectivity index (χ0n) is 14.2. The minimum absolute atomic E-state index is 0.00316. The number of hydrogen-bond donors (Lipinski definition) is 2. The molecular weight excluding hydrogens is 323 g/mol. The molecule has 0 bridgehead atoms. The van der Waals surface area contributed by atoms with Crippen LogP contribution in [0.2, 0.25) is 0 Å². The van der Waals surface area contributed by atoms with Gasteiger partial charge in [-0.1, -0.05) is 12.1 Å². The lowest BCUT2D eigenvalue weighted by Gasteiger charge is -2.25. The van der Waals surface area contributed by atoms with E-state index in [1.54, 1.807) is 23.0 Å². The normalized spacial score (nSPS) is 12.7. The fourth-order valence-corrected chi connectivity index (χ4v) is 2.77. The van der Waals surface area contributed by atoms with E-state index in [1.165, 1.54) is 18.5 Å². The molecule has 0 radical (unpaired) electrons. The third-order valence-corrected chi connectivity index (χ3v) is 4.09. The Morgan fingerprint density at radius 3 is 2.68 bits per heavy atom. The van der Waals surface area contributed by atoms with Gasteiger partial charge >= 0.3 is 0 Å². The maximum Gasteiger partial charge on any atom is 0.163 e. The molecule has 1 unspecified atom stereocenters. The van der Waals surface area contributed by atoms with Crippen LogP contribution in [-0.4, -0.2) is 57.0 Å². The molecule has 1 aromatic carbocycles. The summed E-state index contributed by atoms with van der Waals surface area (Å²) in [5.41, 5.74) is 1.69. The summed E-state index contributed by atoms with van der Waals surface area (Å²) in [6.07, 6.45) is 3.17. The number of anilines is 1. The smallest absolute Gasteiger partial charge is 0.163 e. The lowest BCUT2D eigenvalue weighted by Crippen LogP contribution is -2.27. The average Bonchev–Trinajstić information content (AvgIpc) is 3.01. The van der Waals surface area contributed by atoms with Gasteiger partial charge in [-0.15, -0.1) is 0 Å². The summed E-state index contributed by atoms with van der Waals surface area (Å²) in [6.45, 7) is 0.975. The number of benzene rings is 1. The molecule has 0 amide bonds. The van der Waals surface area contributed by atoms with Crippen LogP contribution in [0, 0.1) is 5.82 Å². The summed E-state index contributed by atoms with van der Waals surface area (Å²) in [5.74, 6) is 0.436. The van der Waals surface area contributed by atoms with E-state index in [9.17, 15) is 4.39 Å². The summed E-state index contributed by atoms with van der Waals surface area (Å²) >= 11 is 0. The van der Waals surface area contributed by atoms with Gasteiger partial charge in [0.1, 0.15) is 18.0 Å². The van der Waals surface area contributed by atoms with Crippen molar-refractivity contribution in [2.75, 3.05) is 32.6 Å². The van der Waals surface area contributed by atoms with Crippen LogP contribution in [-0.2, 0) is 6.54 Å². The monoisotopic (exact) mass is 344 g/mol. The first kappa shape index (κ1) is 17.2. The van der Waals surface area contributed by atoms with E-state index in [1.807, 2.05) is 14.1 Å². The third kappa shape index (κ3) is 3.75. The van der Waals surface area contributed by atoms with E-state index in [-0.39, 0.29) is 18.5 Å². The number of aromatic nitrogens is 4. The van der Waals surface area contributed by atoms with Gasteiger partial charge in [0.15, 0.2) is 5.65 Å². The molecule has 0 aliphatic rings. The lowest BCUT2D eigenvalue weighted by atomic mass is 10.1. The van der Waals surface area contributed by atoms with Crippen LogP contribution < -0.4 is 5.32 Å². The summed E-state index contributed by atoms with van der Waals surface area (Å²) in [7, 11) is 3.95. The number of aliphatic hydroxyl groups is 1. The molecule has 2 heterocycles. The highest BCUT2D eigenvalue weighted by atomic mass is 19.1. The first-order valence-corrected chi connectivity index (χ1v) is 8.03. The second-order valence-electron chi connectivity index (χ2n) is 5.96. The van der Waals surface area contributed by atoms with Gasteiger partial charge in [-0.25, -0.2) is 19.0 Å². The largest absolute Gasteiger partial charge is 0.394 e. The van der Waals surface area contributed by atoms with Crippen molar-refractivity contribution in [2.45, 2.75) is 12.6 Å². The zero-order chi connectivity index (χ0) is 17.8. The quantitative estimate of drug-likeness (QED) is 0.679. The van der Waals surface area contributed by atoms with Crippen molar-refractivity contribution >= 4 is 16.9 Å². The Balaban J connectivity index is 1.81. The molecule has 3 aromatic rings. The van der Waals surface area contributed by atoms with Crippen LogP contribution in [0.1, 0.15) is 11.6 Å². The zero-order valence-corrected chi connectivity index (χ0v) is 14.2. The van der Waals surface area contributed by atoms with Crippen molar-refractivity contribution in [3.05, 3.63) is 48.2 Å². The topological polar surface area (TPSA) is 79.1 Å². The van der Waals surface area contributed by atoms with Crippen LogP contribution >= 0.6 is 0 Å².